The number of rotatable bonds is 8. The van der Waals surface area contributed by atoms with Gasteiger partial charge in [0.15, 0.2) is 0 Å². The van der Waals surface area contributed by atoms with E-state index in [2.05, 4.69) is 28.9 Å². The van der Waals surface area contributed by atoms with Crippen LogP contribution in [-0.2, 0) is 4.74 Å². The first-order valence-corrected chi connectivity index (χ1v) is 10.4. The van der Waals surface area contributed by atoms with Crippen LogP contribution in [0.2, 0.25) is 0 Å². The first kappa shape index (κ1) is 20.4. The summed E-state index contributed by atoms with van der Waals surface area (Å²) in [5.74, 6) is -0.227. The average molecular weight is 393 g/mol. The van der Waals surface area contributed by atoms with E-state index < -0.39 is 0 Å². The molecule has 3 rings (SSSR count). The number of ether oxygens (including phenoxy) is 1. The number of piperazine rings is 1. The standard InChI is InChI=1S/C21H29FN2O2S/c1-16(25)15-24-11-9-23(10-12-24)13-14-26-21(20-8-3-17(2)27-20)18-4-6-19(22)7-5-18/h3-8,16,21,25H,9-15H2,1-2H3. The zero-order valence-electron chi connectivity index (χ0n) is 16.1. The van der Waals surface area contributed by atoms with Crippen molar-refractivity contribution in [2.24, 2.45) is 0 Å². The second-order valence-corrected chi connectivity index (χ2v) is 8.56. The lowest BCUT2D eigenvalue weighted by atomic mass is 10.1. The molecule has 2 atom stereocenters. The highest BCUT2D eigenvalue weighted by Crippen LogP contribution is 2.31. The van der Waals surface area contributed by atoms with Crippen molar-refractivity contribution in [1.82, 2.24) is 9.80 Å². The number of aliphatic hydroxyl groups is 1. The smallest absolute Gasteiger partial charge is 0.123 e. The molecule has 0 saturated carbocycles. The zero-order chi connectivity index (χ0) is 19.2. The summed E-state index contributed by atoms with van der Waals surface area (Å²) in [6.07, 6.45) is -0.425. The molecular weight excluding hydrogens is 363 g/mol. The van der Waals surface area contributed by atoms with Crippen LogP contribution in [-0.4, -0.2) is 66.9 Å². The highest BCUT2D eigenvalue weighted by atomic mass is 32.1. The maximum Gasteiger partial charge on any atom is 0.123 e. The molecule has 1 saturated heterocycles. The Balaban J connectivity index is 1.54. The lowest BCUT2D eigenvalue weighted by Gasteiger charge is -2.35. The van der Waals surface area contributed by atoms with Crippen molar-refractivity contribution >= 4 is 11.3 Å². The minimum atomic E-state index is -0.273. The van der Waals surface area contributed by atoms with Gasteiger partial charge in [0.05, 0.1) is 12.7 Å². The summed E-state index contributed by atoms with van der Waals surface area (Å²) in [7, 11) is 0. The summed E-state index contributed by atoms with van der Waals surface area (Å²) in [5.41, 5.74) is 0.986. The van der Waals surface area contributed by atoms with Gasteiger partial charge in [-0.1, -0.05) is 12.1 Å². The van der Waals surface area contributed by atoms with Crippen molar-refractivity contribution in [3.8, 4) is 0 Å². The number of thiophene rings is 1. The topological polar surface area (TPSA) is 35.9 Å². The van der Waals surface area contributed by atoms with Gasteiger partial charge in [-0.15, -0.1) is 11.3 Å². The SMILES string of the molecule is Cc1ccc(C(OCCN2CCN(CC(C)O)CC2)c2ccc(F)cc2)s1. The largest absolute Gasteiger partial charge is 0.392 e. The molecule has 2 aromatic rings. The summed E-state index contributed by atoms with van der Waals surface area (Å²) in [4.78, 5) is 7.10. The van der Waals surface area contributed by atoms with Gasteiger partial charge in [0, 0.05) is 49.0 Å². The van der Waals surface area contributed by atoms with Crippen molar-refractivity contribution in [3.63, 3.8) is 0 Å². The third-order valence-corrected chi connectivity index (χ3v) is 5.92. The highest BCUT2D eigenvalue weighted by Gasteiger charge is 2.20. The molecular formula is C21H29FN2O2S. The Morgan fingerprint density at radius 1 is 1.07 bits per heavy atom. The fraction of sp³-hybridized carbons (Fsp3) is 0.524. The maximum absolute atomic E-state index is 13.3. The fourth-order valence-corrected chi connectivity index (χ4v) is 4.40. The second-order valence-electron chi connectivity index (χ2n) is 7.24. The van der Waals surface area contributed by atoms with Crippen LogP contribution in [0.15, 0.2) is 36.4 Å². The molecule has 0 bridgehead atoms. The Bertz CT molecular complexity index is 696. The summed E-state index contributed by atoms with van der Waals surface area (Å²) in [6, 6.07) is 10.8. The quantitative estimate of drug-likeness (QED) is 0.748. The van der Waals surface area contributed by atoms with Crippen molar-refractivity contribution in [1.29, 1.82) is 0 Å². The van der Waals surface area contributed by atoms with Crippen molar-refractivity contribution in [2.75, 3.05) is 45.9 Å². The maximum atomic E-state index is 13.3. The van der Waals surface area contributed by atoms with Gasteiger partial charge >= 0.3 is 0 Å². The first-order valence-electron chi connectivity index (χ1n) is 9.57. The molecule has 27 heavy (non-hydrogen) atoms. The van der Waals surface area contributed by atoms with Crippen LogP contribution in [0.1, 0.15) is 28.3 Å². The third kappa shape index (κ3) is 6.09. The van der Waals surface area contributed by atoms with Crippen molar-refractivity contribution in [3.05, 3.63) is 57.5 Å². The van der Waals surface area contributed by atoms with E-state index in [1.54, 1.807) is 11.3 Å². The number of nitrogens with zero attached hydrogens (tertiary/aromatic N) is 2. The Kier molecular flexibility index (Phi) is 7.38. The molecule has 1 N–H and O–H groups in total. The van der Waals surface area contributed by atoms with E-state index in [1.807, 2.05) is 19.1 Å². The lowest BCUT2D eigenvalue weighted by molar-refractivity contribution is 0.0383. The molecule has 1 fully saturated rings. The van der Waals surface area contributed by atoms with Gasteiger partial charge in [0.1, 0.15) is 11.9 Å². The predicted molar refractivity (Wildman–Crippen MR) is 108 cm³/mol. The molecule has 0 radical (unpaired) electrons. The zero-order valence-corrected chi connectivity index (χ0v) is 16.9. The van der Waals surface area contributed by atoms with Gasteiger partial charge in [-0.2, -0.15) is 0 Å². The van der Waals surface area contributed by atoms with Crippen LogP contribution in [0.3, 0.4) is 0 Å². The Morgan fingerprint density at radius 3 is 2.33 bits per heavy atom. The Hall–Kier alpha value is -1.31. The first-order chi connectivity index (χ1) is 13.0. The van der Waals surface area contributed by atoms with Crippen LogP contribution >= 0.6 is 11.3 Å². The molecule has 6 heteroatoms. The van der Waals surface area contributed by atoms with E-state index in [9.17, 15) is 9.50 Å². The number of halogens is 1. The summed E-state index contributed by atoms with van der Waals surface area (Å²) < 4.78 is 19.6. The predicted octanol–water partition coefficient (Wildman–Crippen LogP) is 3.30. The van der Waals surface area contributed by atoms with E-state index in [4.69, 9.17) is 4.74 Å². The number of benzene rings is 1. The molecule has 148 valence electrons. The van der Waals surface area contributed by atoms with Crippen LogP contribution < -0.4 is 0 Å². The van der Waals surface area contributed by atoms with Gasteiger partial charge in [-0.05, 0) is 43.7 Å². The molecule has 2 heterocycles. The van der Waals surface area contributed by atoms with Crippen LogP contribution in [0.5, 0.6) is 0 Å². The van der Waals surface area contributed by atoms with E-state index >= 15 is 0 Å². The average Bonchev–Trinajstić information content (AvgIpc) is 3.07. The summed E-state index contributed by atoms with van der Waals surface area (Å²) in [6.45, 7) is 10.1. The lowest BCUT2D eigenvalue weighted by Crippen LogP contribution is -2.48. The molecule has 1 aliphatic heterocycles. The van der Waals surface area contributed by atoms with E-state index in [-0.39, 0.29) is 18.0 Å². The van der Waals surface area contributed by atoms with E-state index in [0.29, 0.717) is 6.61 Å². The molecule has 1 aromatic heterocycles. The molecule has 0 spiro atoms. The molecule has 1 aromatic carbocycles. The van der Waals surface area contributed by atoms with Gasteiger partial charge in [-0.25, -0.2) is 4.39 Å². The molecule has 1 aliphatic rings. The Morgan fingerprint density at radius 2 is 1.74 bits per heavy atom. The fourth-order valence-electron chi connectivity index (χ4n) is 3.44. The van der Waals surface area contributed by atoms with Crippen molar-refractivity contribution in [2.45, 2.75) is 26.1 Å². The molecule has 4 nitrogen and oxygen atoms in total. The minimum Gasteiger partial charge on any atom is -0.392 e. The molecule has 0 aliphatic carbocycles. The third-order valence-electron chi connectivity index (χ3n) is 4.87. The van der Waals surface area contributed by atoms with Crippen LogP contribution in [0, 0.1) is 12.7 Å². The van der Waals surface area contributed by atoms with E-state index in [0.717, 1.165) is 49.7 Å². The number of aliphatic hydroxyl groups excluding tert-OH is 1. The Labute approximate surface area is 165 Å². The van der Waals surface area contributed by atoms with Crippen LogP contribution in [0.25, 0.3) is 0 Å². The monoisotopic (exact) mass is 392 g/mol. The van der Waals surface area contributed by atoms with Gasteiger partial charge in [0.2, 0.25) is 0 Å². The normalized spacial score (nSPS) is 18.5. The van der Waals surface area contributed by atoms with Crippen molar-refractivity contribution < 1.29 is 14.2 Å². The number of hydrogen-bond donors (Lipinski definition) is 1. The summed E-state index contributed by atoms with van der Waals surface area (Å²) >= 11 is 1.72. The number of hydrogen-bond acceptors (Lipinski definition) is 5. The minimum absolute atomic E-state index is 0.152. The number of β-amino-alcohol motifs (C(OH)–C–C–N with tert-alkyl or cyclic N) is 1. The molecule has 2 unspecified atom stereocenters. The van der Waals surface area contributed by atoms with Gasteiger partial charge in [-0.3, -0.25) is 9.80 Å². The molecule has 0 amide bonds. The highest BCUT2D eigenvalue weighted by molar-refractivity contribution is 7.12. The summed E-state index contributed by atoms with van der Waals surface area (Å²) in [5, 5.41) is 9.51. The van der Waals surface area contributed by atoms with Gasteiger partial charge in [0.25, 0.3) is 0 Å². The number of aryl methyl sites for hydroxylation is 1. The second kappa shape index (κ2) is 9.75. The van der Waals surface area contributed by atoms with Crippen LogP contribution in [0.4, 0.5) is 4.39 Å². The van der Waals surface area contributed by atoms with Gasteiger partial charge < -0.3 is 9.84 Å². The van der Waals surface area contributed by atoms with E-state index in [1.165, 1.54) is 17.0 Å².